The number of hydrogen-bond donors (Lipinski definition) is 4. The van der Waals surface area contributed by atoms with Crippen LogP contribution in [0.25, 0.3) is 0 Å². The van der Waals surface area contributed by atoms with Gasteiger partial charge in [0.25, 0.3) is 5.91 Å². The van der Waals surface area contributed by atoms with E-state index in [1.54, 1.807) is 49.6 Å². The van der Waals surface area contributed by atoms with Crippen LogP contribution < -0.4 is 20.3 Å². The van der Waals surface area contributed by atoms with Crippen molar-refractivity contribution in [3.05, 3.63) is 78.4 Å². The van der Waals surface area contributed by atoms with E-state index in [-0.39, 0.29) is 19.1 Å². The molecule has 0 unspecified atom stereocenters. The normalized spacial score (nSPS) is 12.8. The molecule has 0 saturated heterocycles. The second-order valence-corrected chi connectivity index (χ2v) is 7.64. The quantitative estimate of drug-likeness (QED) is 0.144. The molecule has 0 aliphatic rings. The first-order valence-electron chi connectivity index (χ1n) is 11.2. The summed E-state index contributed by atoms with van der Waals surface area (Å²) in [6, 6.07) is 14.1. The Morgan fingerprint density at radius 3 is 2.34 bits per heavy atom. The third-order valence-electron chi connectivity index (χ3n) is 5.05. The summed E-state index contributed by atoms with van der Waals surface area (Å²) in [5, 5.41) is 20.2. The molecule has 0 aromatic heterocycles. The molecule has 4 N–H and O–H groups in total. The van der Waals surface area contributed by atoms with Gasteiger partial charge in [0.1, 0.15) is 24.2 Å². The number of nitrogens with one attached hydrogen (secondary N) is 2. The fourth-order valence-electron chi connectivity index (χ4n) is 3.23. The Bertz CT molecular complexity index is 972. The van der Waals surface area contributed by atoms with E-state index in [4.69, 9.17) is 24.5 Å². The Kier molecular flexibility index (Phi) is 11.9. The number of carbonyl (C=O) groups excluding carboxylic acids is 2. The van der Waals surface area contributed by atoms with Gasteiger partial charge in [-0.05, 0) is 60.7 Å². The first-order valence-corrected chi connectivity index (χ1v) is 11.2. The van der Waals surface area contributed by atoms with Crippen LogP contribution in [-0.4, -0.2) is 42.6 Å². The highest BCUT2D eigenvalue weighted by Gasteiger charge is 2.23. The van der Waals surface area contributed by atoms with Gasteiger partial charge < -0.3 is 19.3 Å². The Morgan fingerprint density at radius 1 is 1.03 bits per heavy atom. The van der Waals surface area contributed by atoms with Crippen molar-refractivity contribution in [3.63, 3.8) is 0 Å². The molecule has 2 aromatic carbocycles. The molecular weight excluding hydrogens is 452 g/mol. The number of rotatable bonds is 13. The molecule has 0 radical (unpaired) electrons. The van der Waals surface area contributed by atoms with E-state index in [0.717, 1.165) is 5.56 Å². The van der Waals surface area contributed by atoms with Crippen LogP contribution in [0.5, 0.6) is 11.5 Å². The number of aliphatic hydroxyl groups excluding tert-OH is 1. The number of amides is 2. The summed E-state index contributed by atoms with van der Waals surface area (Å²) in [5.74, 6) is 0.651. The van der Waals surface area contributed by atoms with Crippen molar-refractivity contribution in [2.45, 2.75) is 25.9 Å². The summed E-state index contributed by atoms with van der Waals surface area (Å²) >= 11 is 0. The van der Waals surface area contributed by atoms with Crippen LogP contribution in [0.1, 0.15) is 31.4 Å². The van der Waals surface area contributed by atoms with Crippen LogP contribution in [0, 0.1) is 5.92 Å². The minimum absolute atomic E-state index is 0.0322. The number of benzene rings is 2. The van der Waals surface area contributed by atoms with Gasteiger partial charge in [-0.25, -0.2) is 10.3 Å². The van der Waals surface area contributed by atoms with Gasteiger partial charge in [0.2, 0.25) is 0 Å². The molecule has 0 aliphatic carbocycles. The van der Waals surface area contributed by atoms with Gasteiger partial charge >= 0.3 is 6.09 Å². The average Bonchev–Trinajstić information content (AvgIpc) is 2.88. The number of anilines is 1. The Labute approximate surface area is 205 Å². The lowest BCUT2D eigenvalue weighted by atomic mass is 9.93. The molecule has 188 valence electrons. The number of allylic oxidation sites excluding steroid dienone is 3. The summed E-state index contributed by atoms with van der Waals surface area (Å²) in [6.07, 6.45) is 6.61. The molecule has 2 atom stereocenters. The SMILES string of the molecule is COc1ccc(NC(=O)O[C@H](c2ccc(OCCO)cc2)[C@H](C)CC/C=C/C=C/C(=O)NO)cc1. The summed E-state index contributed by atoms with van der Waals surface area (Å²) in [4.78, 5) is 23.7. The monoisotopic (exact) mass is 484 g/mol. The molecule has 0 spiro atoms. The molecule has 9 heteroatoms. The predicted octanol–water partition coefficient (Wildman–Crippen LogP) is 4.39. The molecule has 0 bridgehead atoms. The summed E-state index contributed by atoms with van der Waals surface area (Å²) in [5.41, 5.74) is 2.91. The molecule has 0 saturated carbocycles. The molecule has 0 heterocycles. The largest absolute Gasteiger partial charge is 0.497 e. The Morgan fingerprint density at radius 2 is 1.71 bits per heavy atom. The van der Waals surface area contributed by atoms with Crippen molar-refractivity contribution in [1.29, 1.82) is 0 Å². The fourth-order valence-corrected chi connectivity index (χ4v) is 3.23. The smallest absolute Gasteiger partial charge is 0.412 e. The van der Waals surface area contributed by atoms with Crippen molar-refractivity contribution in [2.24, 2.45) is 5.92 Å². The summed E-state index contributed by atoms with van der Waals surface area (Å²) in [7, 11) is 1.57. The van der Waals surface area contributed by atoms with Crippen LogP contribution in [0.15, 0.2) is 72.8 Å². The first-order chi connectivity index (χ1) is 17.0. The van der Waals surface area contributed by atoms with E-state index in [2.05, 4.69) is 5.32 Å². The maximum absolute atomic E-state index is 12.7. The highest BCUT2D eigenvalue weighted by molar-refractivity contribution is 5.86. The number of hydroxylamine groups is 1. The van der Waals surface area contributed by atoms with E-state index in [1.165, 1.54) is 17.6 Å². The summed E-state index contributed by atoms with van der Waals surface area (Å²) in [6.45, 7) is 2.11. The lowest BCUT2D eigenvalue weighted by Gasteiger charge is -2.25. The maximum Gasteiger partial charge on any atom is 0.412 e. The minimum Gasteiger partial charge on any atom is -0.497 e. The van der Waals surface area contributed by atoms with Gasteiger partial charge in [-0.3, -0.25) is 15.3 Å². The van der Waals surface area contributed by atoms with E-state index >= 15 is 0 Å². The van der Waals surface area contributed by atoms with Crippen LogP contribution in [0.3, 0.4) is 0 Å². The molecule has 2 rings (SSSR count). The van der Waals surface area contributed by atoms with Crippen molar-refractivity contribution in [1.82, 2.24) is 5.48 Å². The molecule has 2 aromatic rings. The van der Waals surface area contributed by atoms with Crippen LogP contribution >= 0.6 is 0 Å². The molecule has 0 aliphatic heterocycles. The third-order valence-corrected chi connectivity index (χ3v) is 5.05. The second-order valence-electron chi connectivity index (χ2n) is 7.64. The van der Waals surface area contributed by atoms with E-state index in [9.17, 15) is 9.59 Å². The standard InChI is InChI=1S/C26H32N2O7/c1-19(7-5-3-4-6-8-24(30)28-32)25(20-9-13-23(14-10-20)34-18-17-29)35-26(31)27-21-11-15-22(33-2)16-12-21/h3-4,6,8-16,19,25,29,32H,5,7,17-18H2,1-2H3,(H,27,31)(H,28,30)/b4-3+,8-6+/t19-,25+/m1/s1. The van der Waals surface area contributed by atoms with Gasteiger partial charge in [-0.1, -0.05) is 37.3 Å². The number of carbonyl (C=O) groups is 2. The van der Waals surface area contributed by atoms with Crippen LogP contribution in [0.2, 0.25) is 0 Å². The predicted molar refractivity (Wildman–Crippen MR) is 131 cm³/mol. The van der Waals surface area contributed by atoms with Gasteiger partial charge in [-0.2, -0.15) is 0 Å². The molecule has 9 nitrogen and oxygen atoms in total. The molecule has 2 amide bonds. The second kappa shape index (κ2) is 15.2. The highest BCUT2D eigenvalue weighted by atomic mass is 16.6. The van der Waals surface area contributed by atoms with E-state index in [0.29, 0.717) is 30.0 Å². The van der Waals surface area contributed by atoms with Crippen LogP contribution in [0.4, 0.5) is 10.5 Å². The van der Waals surface area contributed by atoms with Gasteiger partial charge in [0.05, 0.1) is 13.7 Å². The Balaban J connectivity index is 2.07. The van der Waals surface area contributed by atoms with Gasteiger partial charge in [0, 0.05) is 11.8 Å². The zero-order valence-electron chi connectivity index (χ0n) is 19.8. The fraction of sp³-hybridized carbons (Fsp3) is 0.308. The maximum atomic E-state index is 12.7. The first kappa shape index (κ1) is 27.4. The minimum atomic E-state index is -0.606. The van der Waals surface area contributed by atoms with Crippen molar-refractivity contribution < 1.29 is 34.1 Å². The number of hydrogen-bond acceptors (Lipinski definition) is 7. The highest BCUT2D eigenvalue weighted by Crippen LogP contribution is 2.31. The number of aliphatic hydroxyl groups is 1. The average molecular weight is 485 g/mol. The molecule has 0 fully saturated rings. The van der Waals surface area contributed by atoms with E-state index in [1.807, 2.05) is 25.1 Å². The van der Waals surface area contributed by atoms with Crippen LogP contribution in [-0.2, 0) is 9.53 Å². The van der Waals surface area contributed by atoms with Gasteiger partial charge in [0.15, 0.2) is 0 Å². The van der Waals surface area contributed by atoms with Gasteiger partial charge in [-0.15, -0.1) is 0 Å². The zero-order valence-corrected chi connectivity index (χ0v) is 19.8. The molecular formula is C26H32N2O7. The molecule has 35 heavy (non-hydrogen) atoms. The van der Waals surface area contributed by atoms with Crippen molar-refractivity contribution in [2.75, 3.05) is 25.6 Å². The summed E-state index contributed by atoms with van der Waals surface area (Å²) < 4.78 is 16.4. The van der Waals surface area contributed by atoms with Crippen molar-refractivity contribution >= 4 is 17.7 Å². The number of ether oxygens (including phenoxy) is 3. The Hall–Kier alpha value is -3.82. The number of methoxy groups -OCH3 is 1. The lowest BCUT2D eigenvalue weighted by Crippen LogP contribution is -2.22. The van der Waals surface area contributed by atoms with Crippen molar-refractivity contribution in [3.8, 4) is 11.5 Å². The zero-order chi connectivity index (χ0) is 25.5. The topological polar surface area (TPSA) is 126 Å². The lowest BCUT2D eigenvalue weighted by molar-refractivity contribution is -0.124. The third kappa shape index (κ3) is 9.91. The van der Waals surface area contributed by atoms with E-state index < -0.39 is 18.1 Å².